The van der Waals surface area contributed by atoms with Crippen LogP contribution in [0.5, 0.6) is 0 Å². The molecule has 0 bridgehead atoms. The van der Waals surface area contributed by atoms with Crippen molar-refractivity contribution in [3.05, 3.63) is 29.8 Å². The number of piperidine rings is 1. The zero-order valence-corrected chi connectivity index (χ0v) is 16.2. The summed E-state index contributed by atoms with van der Waals surface area (Å²) in [4.78, 5) is 25.8. The largest absolute Gasteiger partial charge is 0.462 e. The molecule has 2 saturated heterocycles. The molecule has 0 saturated carbocycles. The van der Waals surface area contributed by atoms with E-state index >= 15 is 0 Å². The van der Waals surface area contributed by atoms with Gasteiger partial charge in [0.25, 0.3) is 0 Å². The number of nitrogens with one attached hydrogen (secondary N) is 1. The van der Waals surface area contributed by atoms with Crippen LogP contribution in [0.3, 0.4) is 0 Å². The second-order valence-corrected chi connectivity index (χ2v) is 8.61. The number of piperazine rings is 1. The van der Waals surface area contributed by atoms with Gasteiger partial charge in [-0.2, -0.15) is 4.31 Å². The average Bonchev–Trinajstić information content (AvgIpc) is 2.69. The van der Waals surface area contributed by atoms with Crippen LogP contribution in [0.1, 0.15) is 30.1 Å². The topological polar surface area (TPSA) is 96.0 Å². The minimum Gasteiger partial charge on any atom is -0.462 e. The molecule has 1 atom stereocenters. The Bertz CT molecular complexity index is 794. The zero-order valence-electron chi connectivity index (χ0n) is 15.4. The van der Waals surface area contributed by atoms with E-state index in [-0.39, 0.29) is 23.5 Å². The van der Waals surface area contributed by atoms with E-state index in [1.807, 2.05) is 0 Å². The van der Waals surface area contributed by atoms with Gasteiger partial charge < -0.3 is 15.0 Å². The third kappa shape index (κ3) is 4.31. The quantitative estimate of drug-likeness (QED) is 0.727. The second-order valence-electron chi connectivity index (χ2n) is 6.67. The van der Waals surface area contributed by atoms with Crippen LogP contribution >= 0.6 is 0 Å². The molecule has 0 spiro atoms. The Morgan fingerprint density at radius 3 is 2.67 bits per heavy atom. The van der Waals surface area contributed by atoms with Crippen molar-refractivity contribution in [3.8, 4) is 0 Å². The predicted octanol–water partition coefficient (Wildman–Crippen LogP) is 0.448. The molecule has 2 fully saturated rings. The highest BCUT2D eigenvalue weighted by molar-refractivity contribution is 7.89. The van der Waals surface area contributed by atoms with E-state index in [1.165, 1.54) is 28.6 Å². The Kier molecular flexibility index (Phi) is 6.13. The minimum atomic E-state index is -3.68. The maximum atomic E-state index is 13.0. The number of carbonyl (C=O) groups excluding carboxylic acids is 2. The zero-order chi connectivity index (χ0) is 19.4. The lowest BCUT2D eigenvalue weighted by Gasteiger charge is -2.40. The number of benzene rings is 1. The van der Waals surface area contributed by atoms with Crippen LogP contribution in [0.2, 0.25) is 0 Å². The van der Waals surface area contributed by atoms with Crippen molar-refractivity contribution in [3.63, 3.8) is 0 Å². The highest BCUT2D eigenvalue weighted by Crippen LogP contribution is 2.24. The van der Waals surface area contributed by atoms with Crippen LogP contribution in [0.25, 0.3) is 0 Å². The number of ether oxygens (including phenoxy) is 1. The van der Waals surface area contributed by atoms with Gasteiger partial charge in [0.05, 0.1) is 23.6 Å². The molecule has 0 radical (unpaired) electrons. The van der Waals surface area contributed by atoms with Crippen molar-refractivity contribution in [2.75, 3.05) is 39.3 Å². The lowest BCUT2D eigenvalue weighted by Crippen LogP contribution is -2.57. The van der Waals surface area contributed by atoms with Crippen LogP contribution in [0, 0.1) is 0 Å². The molecule has 2 aliphatic heterocycles. The molecule has 3 rings (SSSR count). The maximum Gasteiger partial charge on any atom is 0.338 e. The molecule has 2 aliphatic rings. The molecule has 1 aromatic carbocycles. The lowest BCUT2D eigenvalue weighted by atomic mass is 10.1. The highest BCUT2D eigenvalue weighted by Gasteiger charge is 2.35. The summed E-state index contributed by atoms with van der Waals surface area (Å²) in [6, 6.07) is 5.70. The number of rotatable bonds is 5. The van der Waals surface area contributed by atoms with E-state index in [2.05, 4.69) is 5.32 Å². The van der Waals surface area contributed by atoms with Gasteiger partial charge in [0.2, 0.25) is 15.9 Å². The van der Waals surface area contributed by atoms with E-state index < -0.39 is 16.0 Å². The van der Waals surface area contributed by atoms with Gasteiger partial charge in [0.1, 0.15) is 0 Å². The van der Waals surface area contributed by atoms with Gasteiger partial charge in [0.15, 0.2) is 0 Å². The number of hydrogen-bond donors (Lipinski definition) is 1. The summed E-state index contributed by atoms with van der Waals surface area (Å²) in [5, 5.41) is 3.03. The van der Waals surface area contributed by atoms with Gasteiger partial charge in [-0.15, -0.1) is 0 Å². The molecule has 1 amide bonds. The summed E-state index contributed by atoms with van der Waals surface area (Å²) in [5.41, 5.74) is 0.318. The molecule has 148 valence electrons. The standard InChI is InChI=1S/C18H25N3O5S/c1-2-26-18(23)14-5-7-16(8-6-14)27(24,25)20-10-3-4-15(13-20)21-11-9-19-12-17(21)22/h5-8,15,19H,2-4,9-13H2,1H3. The van der Waals surface area contributed by atoms with E-state index in [9.17, 15) is 18.0 Å². The molecule has 1 unspecified atom stereocenters. The number of sulfonamides is 1. The first-order chi connectivity index (χ1) is 12.9. The molecule has 8 nitrogen and oxygen atoms in total. The molecule has 1 aromatic rings. The number of carbonyl (C=O) groups is 2. The summed E-state index contributed by atoms with van der Waals surface area (Å²) >= 11 is 0. The summed E-state index contributed by atoms with van der Waals surface area (Å²) < 4.78 is 32.4. The lowest BCUT2D eigenvalue weighted by molar-refractivity contribution is -0.135. The molecule has 1 N–H and O–H groups in total. The van der Waals surface area contributed by atoms with Gasteiger partial charge >= 0.3 is 5.97 Å². The SMILES string of the molecule is CCOC(=O)c1ccc(S(=O)(=O)N2CCCC(N3CCNCC3=O)C2)cc1. The van der Waals surface area contributed by atoms with Crippen LogP contribution in [0.4, 0.5) is 0 Å². The van der Waals surface area contributed by atoms with Crippen molar-refractivity contribution < 1.29 is 22.7 Å². The predicted molar refractivity (Wildman–Crippen MR) is 98.8 cm³/mol. The fraction of sp³-hybridized carbons (Fsp3) is 0.556. The first kappa shape index (κ1) is 19.8. The van der Waals surface area contributed by atoms with Crippen molar-refractivity contribution in [2.24, 2.45) is 0 Å². The fourth-order valence-electron chi connectivity index (χ4n) is 3.53. The summed E-state index contributed by atoms with van der Waals surface area (Å²) in [7, 11) is -3.68. The summed E-state index contributed by atoms with van der Waals surface area (Å²) in [5.74, 6) is -0.457. The number of nitrogens with zero attached hydrogens (tertiary/aromatic N) is 2. The van der Waals surface area contributed by atoms with Crippen LogP contribution in [0.15, 0.2) is 29.2 Å². The molecule has 27 heavy (non-hydrogen) atoms. The van der Waals surface area contributed by atoms with Crippen molar-refractivity contribution in [1.82, 2.24) is 14.5 Å². The van der Waals surface area contributed by atoms with Gasteiger partial charge in [-0.3, -0.25) is 4.79 Å². The summed E-state index contributed by atoms with van der Waals surface area (Å²) in [6.45, 7) is 4.34. The fourth-order valence-corrected chi connectivity index (χ4v) is 5.04. The van der Waals surface area contributed by atoms with Gasteiger partial charge in [0, 0.05) is 32.2 Å². The van der Waals surface area contributed by atoms with Gasteiger partial charge in [-0.25, -0.2) is 13.2 Å². The Hall–Kier alpha value is -1.97. The monoisotopic (exact) mass is 395 g/mol. The van der Waals surface area contributed by atoms with E-state index in [0.29, 0.717) is 38.2 Å². The van der Waals surface area contributed by atoms with Gasteiger partial charge in [-0.1, -0.05) is 0 Å². The average molecular weight is 395 g/mol. The molecule has 0 aliphatic carbocycles. The first-order valence-electron chi connectivity index (χ1n) is 9.21. The van der Waals surface area contributed by atoms with Gasteiger partial charge in [-0.05, 0) is 44.0 Å². The van der Waals surface area contributed by atoms with Crippen molar-refractivity contribution in [2.45, 2.75) is 30.7 Å². The Morgan fingerprint density at radius 1 is 1.26 bits per heavy atom. The third-order valence-corrected chi connectivity index (χ3v) is 6.81. The number of hydrogen-bond acceptors (Lipinski definition) is 6. The molecule has 0 aromatic heterocycles. The van der Waals surface area contributed by atoms with Crippen LogP contribution in [-0.2, 0) is 19.6 Å². The van der Waals surface area contributed by atoms with E-state index in [4.69, 9.17) is 4.74 Å². The maximum absolute atomic E-state index is 13.0. The normalized spacial score (nSPS) is 21.9. The Balaban J connectivity index is 1.74. The Labute approximate surface area is 159 Å². The van der Waals surface area contributed by atoms with Crippen molar-refractivity contribution in [1.29, 1.82) is 0 Å². The molecule has 9 heteroatoms. The number of amides is 1. The highest BCUT2D eigenvalue weighted by atomic mass is 32.2. The molecular weight excluding hydrogens is 370 g/mol. The number of esters is 1. The smallest absolute Gasteiger partial charge is 0.338 e. The second kappa shape index (κ2) is 8.37. The van der Waals surface area contributed by atoms with Crippen molar-refractivity contribution >= 4 is 21.9 Å². The van der Waals surface area contributed by atoms with Crippen LogP contribution < -0.4 is 5.32 Å². The molecule has 2 heterocycles. The molecular formula is C18H25N3O5S. The van der Waals surface area contributed by atoms with E-state index in [1.54, 1.807) is 11.8 Å². The summed E-state index contributed by atoms with van der Waals surface area (Å²) in [6.07, 6.45) is 1.52. The van der Waals surface area contributed by atoms with E-state index in [0.717, 1.165) is 13.0 Å². The van der Waals surface area contributed by atoms with Crippen LogP contribution in [-0.4, -0.2) is 74.9 Å². The Morgan fingerprint density at radius 2 is 2.00 bits per heavy atom. The third-order valence-electron chi connectivity index (χ3n) is 4.93. The first-order valence-corrected chi connectivity index (χ1v) is 10.6. The minimum absolute atomic E-state index is 0.0179.